The van der Waals surface area contributed by atoms with E-state index in [4.69, 9.17) is 16.7 Å². The van der Waals surface area contributed by atoms with Crippen molar-refractivity contribution in [3.63, 3.8) is 0 Å². The standard InChI is InChI=1S/C7H3ClN4O4S/c8-4-2-17-7(9-4)11-1-3(12(15)16)5(10-11)6(13)14/h1-2H,(H,13,14). The lowest BCUT2D eigenvalue weighted by atomic mass is 10.4. The summed E-state index contributed by atoms with van der Waals surface area (Å²) in [5, 5.41) is 24.9. The second-order valence-electron chi connectivity index (χ2n) is 2.82. The van der Waals surface area contributed by atoms with Crippen molar-refractivity contribution in [2.24, 2.45) is 0 Å². The molecule has 0 aliphatic heterocycles. The van der Waals surface area contributed by atoms with Crippen LogP contribution in [0.5, 0.6) is 0 Å². The molecule has 2 aromatic heterocycles. The number of rotatable bonds is 3. The maximum atomic E-state index is 10.8. The van der Waals surface area contributed by atoms with Gasteiger partial charge in [-0.05, 0) is 0 Å². The summed E-state index contributed by atoms with van der Waals surface area (Å²) in [6, 6.07) is 0. The Morgan fingerprint density at radius 2 is 2.35 bits per heavy atom. The van der Waals surface area contributed by atoms with Crippen LogP contribution in [0.4, 0.5) is 5.69 Å². The Kier molecular flexibility index (Phi) is 2.77. The molecule has 0 aromatic carbocycles. The Balaban J connectivity index is 2.54. The molecule has 88 valence electrons. The van der Waals surface area contributed by atoms with Gasteiger partial charge < -0.3 is 5.11 Å². The topological polar surface area (TPSA) is 111 Å². The lowest BCUT2D eigenvalue weighted by molar-refractivity contribution is -0.385. The SMILES string of the molecule is O=C(O)c1nn(-c2nc(Cl)cs2)cc1[N+](=O)[O-]. The molecule has 0 unspecified atom stereocenters. The van der Waals surface area contributed by atoms with Crippen LogP contribution in [-0.2, 0) is 0 Å². The minimum Gasteiger partial charge on any atom is -0.476 e. The molecule has 0 saturated heterocycles. The van der Waals surface area contributed by atoms with Crippen molar-refractivity contribution < 1.29 is 14.8 Å². The molecule has 0 bridgehead atoms. The van der Waals surface area contributed by atoms with Crippen molar-refractivity contribution in [3.8, 4) is 5.13 Å². The molecule has 0 spiro atoms. The number of nitro groups is 1. The highest BCUT2D eigenvalue weighted by Crippen LogP contribution is 2.22. The minimum atomic E-state index is -1.47. The third-order valence-electron chi connectivity index (χ3n) is 1.75. The number of hydrogen-bond acceptors (Lipinski definition) is 6. The summed E-state index contributed by atoms with van der Waals surface area (Å²) in [5.41, 5.74) is -1.23. The largest absolute Gasteiger partial charge is 0.476 e. The molecule has 0 atom stereocenters. The lowest BCUT2D eigenvalue weighted by Crippen LogP contribution is -2.02. The molecule has 17 heavy (non-hydrogen) atoms. The Morgan fingerprint density at radius 1 is 1.65 bits per heavy atom. The maximum Gasteiger partial charge on any atom is 0.363 e. The normalized spacial score (nSPS) is 10.4. The van der Waals surface area contributed by atoms with Crippen LogP contribution < -0.4 is 0 Å². The van der Waals surface area contributed by atoms with E-state index in [1.807, 2.05) is 0 Å². The third kappa shape index (κ3) is 2.10. The van der Waals surface area contributed by atoms with Crippen LogP contribution in [0.2, 0.25) is 5.15 Å². The van der Waals surface area contributed by atoms with Gasteiger partial charge in [-0.15, -0.1) is 11.3 Å². The molecule has 10 heteroatoms. The van der Waals surface area contributed by atoms with Crippen LogP contribution in [0.3, 0.4) is 0 Å². The van der Waals surface area contributed by atoms with E-state index in [9.17, 15) is 14.9 Å². The molecule has 2 aromatic rings. The molecule has 0 amide bonds. The monoisotopic (exact) mass is 274 g/mol. The van der Waals surface area contributed by atoms with E-state index in [0.717, 1.165) is 22.2 Å². The summed E-state index contributed by atoms with van der Waals surface area (Å²) in [6.07, 6.45) is 0.985. The zero-order valence-electron chi connectivity index (χ0n) is 7.90. The number of aromatic carboxylic acids is 1. The van der Waals surface area contributed by atoms with Crippen molar-refractivity contribution in [2.45, 2.75) is 0 Å². The first-order chi connectivity index (χ1) is 7.99. The highest BCUT2D eigenvalue weighted by atomic mass is 35.5. The van der Waals surface area contributed by atoms with Gasteiger partial charge in [0, 0.05) is 5.38 Å². The van der Waals surface area contributed by atoms with E-state index in [-0.39, 0.29) is 10.3 Å². The van der Waals surface area contributed by atoms with E-state index in [2.05, 4.69) is 10.1 Å². The van der Waals surface area contributed by atoms with Gasteiger partial charge in [0.25, 0.3) is 0 Å². The fraction of sp³-hybridized carbons (Fsp3) is 0. The van der Waals surface area contributed by atoms with Crippen LogP contribution >= 0.6 is 22.9 Å². The fourth-order valence-corrected chi connectivity index (χ4v) is 1.97. The van der Waals surface area contributed by atoms with Crippen LogP contribution in [-0.4, -0.2) is 30.8 Å². The van der Waals surface area contributed by atoms with Crippen molar-refractivity contribution >= 4 is 34.6 Å². The average Bonchev–Trinajstić information content (AvgIpc) is 2.82. The number of aromatic nitrogens is 3. The first-order valence-electron chi connectivity index (χ1n) is 4.08. The second kappa shape index (κ2) is 4.11. The number of carbonyl (C=O) groups is 1. The number of carboxylic acids is 1. The number of carboxylic acid groups (broad SMARTS) is 1. The van der Waals surface area contributed by atoms with E-state index in [1.54, 1.807) is 0 Å². The van der Waals surface area contributed by atoms with Crippen molar-refractivity contribution in [3.05, 3.63) is 32.5 Å². The average molecular weight is 275 g/mol. The Morgan fingerprint density at radius 3 is 2.76 bits per heavy atom. The Bertz CT molecular complexity index is 575. The molecule has 2 heterocycles. The Labute approximate surface area is 102 Å². The van der Waals surface area contributed by atoms with Gasteiger partial charge in [0.2, 0.25) is 10.8 Å². The number of hydrogen-bond donors (Lipinski definition) is 1. The second-order valence-corrected chi connectivity index (χ2v) is 4.05. The molecule has 8 nitrogen and oxygen atoms in total. The first-order valence-corrected chi connectivity index (χ1v) is 5.33. The smallest absolute Gasteiger partial charge is 0.363 e. The number of thiazole rings is 1. The summed E-state index contributed by atoms with van der Waals surface area (Å²) < 4.78 is 1.01. The van der Waals surface area contributed by atoms with Crippen LogP contribution in [0.25, 0.3) is 5.13 Å². The van der Waals surface area contributed by atoms with Gasteiger partial charge in [-0.25, -0.2) is 14.5 Å². The van der Waals surface area contributed by atoms with Crippen LogP contribution in [0.15, 0.2) is 11.6 Å². The minimum absolute atomic E-state index is 0.208. The van der Waals surface area contributed by atoms with Crippen molar-refractivity contribution in [2.75, 3.05) is 0 Å². The van der Waals surface area contributed by atoms with Gasteiger partial charge in [0.1, 0.15) is 11.3 Å². The van der Waals surface area contributed by atoms with E-state index in [1.165, 1.54) is 5.38 Å². The van der Waals surface area contributed by atoms with Crippen LogP contribution in [0, 0.1) is 10.1 Å². The zero-order chi connectivity index (χ0) is 12.6. The van der Waals surface area contributed by atoms with E-state index < -0.39 is 22.3 Å². The van der Waals surface area contributed by atoms with Gasteiger partial charge in [-0.3, -0.25) is 10.1 Å². The van der Waals surface area contributed by atoms with Gasteiger partial charge in [0.15, 0.2) is 0 Å². The molecule has 2 rings (SSSR count). The molecule has 0 radical (unpaired) electrons. The van der Waals surface area contributed by atoms with Gasteiger partial charge in [0.05, 0.1) is 4.92 Å². The summed E-state index contributed by atoms with van der Waals surface area (Å²) in [5.74, 6) is -1.47. The quantitative estimate of drug-likeness (QED) is 0.672. The Hall–Kier alpha value is -2.00. The first kappa shape index (κ1) is 11.5. The van der Waals surface area contributed by atoms with Crippen molar-refractivity contribution in [1.82, 2.24) is 14.8 Å². The molecular formula is C7H3ClN4O4S. The summed E-state index contributed by atoms with van der Waals surface area (Å²) in [4.78, 5) is 24.4. The van der Waals surface area contributed by atoms with E-state index >= 15 is 0 Å². The van der Waals surface area contributed by atoms with E-state index in [0.29, 0.717) is 0 Å². The van der Waals surface area contributed by atoms with Gasteiger partial charge in [-0.1, -0.05) is 11.6 Å². The highest BCUT2D eigenvalue weighted by molar-refractivity contribution is 7.12. The predicted octanol–water partition coefficient (Wildman–Crippen LogP) is 1.59. The number of halogens is 1. The summed E-state index contributed by atoms with van der Waals surface area (Å²) >= 11 is 6.68. The van der Waals surface area contributed by atoms with Gasteiger partial charge in [-0.2, -0.15) is 5.10 Å². The highest BCUT2D eigenvalue weighted by Gasteiger charge is 2.26. The lowest BCUT2D eigenvalue weighted by Gasteiger charge is -1.90. The predicted molar refractivity (Wildman–Crippen MR) is 57.9 cm³/mol. The van der Waals surface area contributed by atoms with Crippen molar-refractivity contribution in [1.29, 1.82) is 0 Å². The molecule has 0 aliphatic carbocycles. The maximum absolute atomic E-state index is 10.8. The molecule has 0 fully saturated rings. The molecular weight excluding hydrogens is 272 g/mol. The molecule has 0 saturated carbocycles. The summed E-state index contributed by atoms with van der Waals surface area (Å²) in [7, 11) is 0. The number of nitrogens with zero attached hydrogens (tertiary/aromatic N) is 4. The van der Waals surface area contributed by atoms with Crippen LogP contribution in [0.1, 0.15) is 10.5 Å². The van der Waals surface area contributed by atoms with Gasteiger partial charge >= 0.3 is 11.7 Å². The fourth-order valence-electron chi connectivity index (χ4n) is 1.10. The zero-order valence-corrected chi connectivity index (χ0v) is 9.47. The molecule has 1 N–H and O–H groups in total. The third-order valence-corrected chi connectivity index (χ3v) is 2.91. The molecule has 0 aliphatic rings. The summed E-state index contributed by atoms with van der Waals surface area (Å²) in [6.45, 7) is 0.